The molecule has 2 aromatic carbocycles. The number of non-ortho nitro benzene ring substituents is 1. The molecule has 2 aromatic rings. The predicted octanol–water partition coefficient (Wildman–Crippen LogP) is 2.44. The topological polar surface area (TPSA) is 103 Å². The Balaban J connectivity index is 1.56. The van der Waals surface area contributed by atoms with Gasteiger partial charge in [0, 0.05) is 24.4 Å². The number of hydrogen-bond donors (Lipinski definition) is 2. The van der Waals surface area contributed by atoms with Gasteiger partial charge in [0.25, 0.3) is 5.69 Å². The molecule has 25 heavy (non-hydrogen) atoms. The quantitative estimate of drug-likeness (QED) is 0.617. The van der Waals surface area contributed by atoms with Crippen molar-refractivity contribution in [3.05, 3.63) is 58.1 Å². The van der Waals surface area contributed by atoms with Gasteiger partial charge in [-0.2, -0.15) is 0 Å². The number of ether oxygens (including phenoxy) is 2. The van der Waals surface area contributed by atoms with Crippen molar-refractivity contribution in [1.29, 1.82) is 0 Å². The molecule has 0 fully saturated rings. The Kier molecular flexibility index (Phi) is 4.69. The number of benzene rings is 2. The van der Waals surface area contributed by atoms with Crippen LogP contribution in [0.25, 0.3) is 0 Å². The second kappa shape index (κ2) is 7.08. The highest BCUT2D eigenvalue weighted by molar-refractivity contribution is 5.84. The van der Waals surface area contributed by atoms with Crippen LogP contribution in [-0.2, 0) is 11.3 Å². The van der Waals surface area contributed by atoms with Gasteiger partial charge in [-0.15, -0.1) is 0 Å². The van der Waals surface area contributed by atoms with E-state index in [0.29, 0.717) is 23.7 Å². The molecule has 1 atom stereocenters. The summed E-state index contributed by atoms with van der Waals surface area (Å²) in [6, 6.07) is 11.0. The number of anilines is 1. The number of fused-ring (bicyclic) bond motifs is 1. The van der Waals surface area contributed by atoms with Gasteiger partial charge in [0.2, 0.25) is 12.7 Å². The van der Waals surface area contributed by atoms with Gasteiger partial charge in [-0.05, 0) is 30.7 Å². The third-order valence-electron chi connectivity index (χ3n) is 3.74. The second-order valence-electron chi connectivity index (χ2n) is 5.58. The van der Waals surface area contributed by atoms with Crippen molar-refractivity contribution in [2.75, 3.05) is 12.1 Å². The summed E-state index contributed by atoms with van der Waals surface area (Å²) in [4.78, 5) is 22.5. The fourth-order valence-electron chi connectivity index (χ4n) is 2.42. The molecular weight excluding hydrogens is 326 g/mol. The lowest BCUT2D eigenvalue weighted by Crippen LogP contribution is -2.37. The molecule has 0 spiro atoms. The Morgan fingerprint density at radius 3 is 2.84 bits per heavy atom. The van der Waals surface area contributed by atoms with Crippen LogP contribution in [0.1, 0.15) is 12.5 Å². The molecule has 0 saturated heterocycles. The summed E-state index contributed by atoms with van der Waals surface area (Å²) in [6.07, 6.45) is 0. The number of nitrogens with one attached hydrogen (secondary N) is 2. The first kappa shape index (κ1) is 16.6. The van der Waals surface area contributed by atoms with Crippen LogP contribution in [0.4, 0.5) is 11.4 Å². The van der Waals surface area contributed by atoms with E-state index < -0.39 is 11.0 Å². The maximum atomic E-state index is 12.2. The zero-order valence-electron chi connectivity index (χ0n) is 13.5. The van der Waals surface area contributed by atoms with Crippen LogP contribution >= 0.6 is 0 Å². The Hall–Kier alpha value is -3.29. The zero-order valence-corrected chi connectivity index (χ0v) is 13.5. The number of amides is 1. The minimum atomic E-state index is -0.545. The van der Waals surface area contributed by atoms with Gasteiger partial charge in [-0.25, -0.2) is 0 Å². The predicted molar refractivity (Wildman–Crippen MR) is 90.6 cm³/mol. The number of nitrogens with zero attached hydrogens (tertiary/aromatic N) is 1. The minimum Gasteiger partial charge on any atom is -0.454 e. The Labute approximate surface area is 143 Å². The zero-order chi connectivity index (χ0) is 17.8. The maximum absolute atomic E-state index is 12.2. The summed E-state index contributed by atoms with van der Waals surface area (Å²) in [6.45, 7) is 2.24. The lowest BCUT2D eigenvalue weighted by atomic mass is 10.2. The molecule has 1 aliphatic rings. The van der Waals surface area contributed by atoms with Gasteiger partial charge in [0.1, 0.15) is 6.04 Å². The molecule has 0 radical (unpaired) electrons. The lowest BCUT2D eigenvalue weighted by molar-refractivity contribution is -0.384. The van der Waals surface area contributed by atoms with Gasteiger partial charge in [-0.3, -0.25) is 14.9 Å². The molecule has 1 aliphatic heterocycles. The molecule has 2 N–H and O–H groups in total. The molecule has 0 bridgehead atoms. The molecule has 130 valence electrons. The van der Waals surface area contributed by atoms with Crippen molar-refractivity contribution >= 4 is 17.3 Å². The summed E-state index contributed by atoms with van der Waals surface area (Å²) < 4.78 is 10.5. The normalized spacial score (nSPS) is 13.2. The van der Waals surface area contributed by atoms with Crippen LogP contribution in [0.15, 0.2) is 42.5 Å². The number of hydrogen-bond acceptors (Lipinski definition) is 6. The van der Waals surface area contributed by atoms with Gasteiger partial charge in [-0.1, -0.05) is 12.1 Å². The van der Waals surface area contributed by atoms with E-state index in [1.165, 1.54) is 12.1 Å². The first-order valence-electron chi connectivity index (χ1n) is 7.70. The highest BCUT2D eigenvalue weighted by Crippen LogP contribution is 2.32. The summed E-state index contributed by atoms with van der Waals surface area (Å²) in [7, 11) is 0. The van der Waals surface area contributed by atoms with E-state index in [-0.39, 0.29) is 18.4 Å². The van der Waals surface area contributed by atoms with E-state index in [1.54, 1.807) is 25.1 Å². The summed E-state index contributed by atoms with van der Waals surface area (Å²) >= 11 is 0. The average Bonchev–Trinajstić information content (AvgIpc) is 3.07. The van der Waals surface area contributed by atoms with E-state index in [2.05, 4.69) is 10.6 Å². The third kappa shape index (κ3) is 3.97. The van der Waals surface area contributed by atoms with Gasteiger partial charge >= 0.3 is 0 Å². The lowest BCUT2D eigenvalue weighted by Gasteiger charge is -2.15. The number of nitro benzene ring substituents is 1. The number of rotatable bonds is 6. The first-order valence-corrected chi connectivity index (χ1v) is 7.70. The van der Waals surface area contributed by atoms with E-state index >= 15 is 0 Å². The largest absolute Gasteiger partial charge is 0.454 e. The smallest absolute Gasteiger partial charge is 0.271 e. The molecule has 8 heteroatoms. The molecular formula is C17H17N3O5. The second-order valence-corrected chi connectivity index (χ2v) is 5.58. The summed E-state index contributed by atoms with van der Waals surface area (Å²) in [5.41, 5.74) is 1.37. The monoisotopic (exact) mass is 343 g/mol. The Morgan fingerprint density at radius 2 is 2.04 bits per heavy atom. The highest BCUT2D eigenvalue weighted by Gasteiger charge is 2.16. The number of carbonyl (C=O) groups excluding carboxylic acids is 1. The molecule has 1 amide bonds. The van der Waals surface area contributed by atoms with Gasteiger partial charge in [0.05, 0.1) is 4.92 Å². The highest BCUT2D eigenvalue weighted by atomic mass is 16.7. The van der Waals surface area contributed by atoms with Gasteiger partial charge in [0.15, 0.2) is 11.5 Å². The fourth-order valence-corrected chi connectivity index (χ4v) is 2.42. The Bertz CT molecular complexity index is 809. The maximum Gasteiger partial charge on any atom is 0.271 e. The van der Waals surface area contributed by atoms with Crippen LogP contribution in [0.3, 0.4) is 0 Å². The summed E-state index contributed by atoms with van der Waals surface area (Å²) in [5, 5.41) is 16.6. The van der Waals surface area contributed by atoms with E-state index in [4.69, 9.17) is 9.47 Å². The van der Waals surface area contributed by atoms with Crippen molar-refractivity contribution in [2.45, 2.75) is 19.5 Å². The van der Waals surface area contributed by atoms with Crippen molar-refractivity contribution in [3.8, 4) is 11.5 Å². The van der Waals surface area contributed by atoms with Crippen molar-refractivity contribution in [1.82, 2.24) is 5.32 Å². The number of carbonyl (C=O) groups is 1. The van der Waals surface area contributed by atoms with E-state index in [0.717, 1.165) is 5.56 Å². The van der Waals surface area contributed by atoms with Crippen LogP contribution < -0.4 is 20.1 Å². The summed E-state index contributed by atoms with van der Waals surface area (Å²) in [5.74, 6) is 1.13. The first-order chi connectivity index (χ1) is 12.0. The number of nitro groups is 1. The molecule has 0 saturated carbocycles. The molecule has 3 rings (SSSR count). The van der Waals surface area contributed by atoms with Crippen LogP contribution in [0, 0.1) is 10.1 Å². The minimum absolute atomic E-state index is 0.0297. The Morgan fingerprint density at radius 1 is 1.24 bits per heavy atom. The molecule has 0 aromatic heterocycles. The van der Waals surface area contributed by atoms with E-state index in [1.807, 2.05) is 12.1 Å². The molecule has 8 nitrogen and oxygen atoms in total. The standard InChI is InChI=1S/C17H17N3O5/c1-11(19-13-3-2-4-14(8-13)20(22)23)17(21)18-9-12-5-6-15-16(7-12)25-10-24-15/h2-8,11,19H,9-10H2,1H3,(H,18,21)/t11-/m1/s1. The van der Waals surface area contributed by atoms with Crippen molar-refractivity contribution in [2.24, 2.45) is 0 Å². The van der Waals surface area contributed by atoms with Gasteiger partial charge < -0.3 is 20.1 Å². The van der Waals surface area contributed by atoms with Crippen LogP contribution in [0.5, 0.6) is 11.5 Å². The molecule has 0 aliphatic carbocycles. The van der Waals surface area contributed by atoms with Crippen molar-refractivity contribution in [3.63, 3.8) is 0 Å². The average molecular weight is 343 g/mol. The third-order valence-corrected chi connectivity index (χ3v) is 3.74. The van der Waals surface area contributed by atoms with Crippen molar-refractivity contribution < 1.29 is 19.2 Å². The SMILES string of the molecule is C[C@@H](Nc1cccc([N+](=O)[O-])c1)C(=O)NCc1ccc2c(c1)OCO2. The van der Waals surface area contributed by atoms with E-state index in [9.17, 15) is 14.9 Å². The molecule has 1 heterocycles. The van der Waals surface area contributed by atoms with Crippen LogP contribution in [0.2, 0.25) is 0 Å². The van der Waals surface area contributed by atoms with Crippen LogP contribution in [-0.4, -0.2) is 23.7 Å². The fraction of sp³-hybridized carbons (Fsp3) is 0.235. The molecule has 0 unspecified atom stereocenters.